The molecule has 2 atom stereocenters. The SMILES string of the molecule is CCn1c(C)nnc1CN1C[C@H]2OCCN(C)[C@H]2C1. The van der Waals surface area contributed by atoms with Crippen LogP contribution in [-0.4, -0.2) is 70.0 Å². The maximum atomic E-state index is 5.88. The van der Waals surface area contributed by atoms with Gasteiger partial charge in [0, 0.05) is 32.2 Å². The van der Waals surface area contributed by atoms with Crippen LogP contribution in [0.1, 0.15) is 18.6 Å². The number of hydrogen-bond acceptors (Lipinski definition) is 5. The van der Waals surface area contributed by atoms with E-state index in [2.05, 4.69) is 38.5 Å². The first kappa shape index (κ1) is 13.0. The van der Waals surface area contributed by atoms with Crippen LogP contribution in [0.2, 0.25) is 0 Å². The van der Waals surface area contributed by atoms with Gasteiger partial charge in [-0.1, -0.05) is 0 Å². The molecule has 0 amide bonds. The lowest BCUT2D eigenvalue weighted by Gasteiger charge is -2.33. The molecule has 0 bridgehead atoms. The molecule has 106 valence electrons. The molecule has 3 rings (SSSR count). The summed E-state index contributed by atoms with van der Waals surface area (Å²) in [6.07, 6.45) is 0.359. The van der Waals surface area contributed by atoms with Crippen molar-refractivity contribution in [2.45, 2.75) is 39.1 Å². The van der Waals surface area contributed by atoms with Gasteiger partial charge >= 0.3 is 0 Å². The standard InChI is InChI=1S/C13H23N5O/c1-4-18-10(2)14-15-13(18)9-17-7-11-12(8-17)19-6-5-16(11)3/h11-12H,4-9H2,1-3H3/t11-,12+/m0/s1. The summed E-state index contributed by atoms with van der Waals surface area (Å²) in [6.45, 7) is 9.93. The minimum Gasteiger partial charge on any atom is -0.374 e. The van der Waals surface area contributed by atoms with Gasteiger partial charge in [0.1, 0.15) is 11.6 Å². The first-order valence-electron chi connectivity index (χ1n) is 7.12. The Labute approximate surface area is 114 Å². The Morgan fingerprint density at radius 2 is 2.16 bits per heavy atom. The Balaban J connectivity index is 1.68. The fraction of sp³-hybridized carbons (Fsp3) is 0.846. The smallest absolute Gasteiger partial charge is 0.147 e. The number of fused-ring (bicyclic) bond motifs is 1. The lowest BCUT2D eigenvalue weighted by atomic mass is 10.1. The van der Waals surface area contributed by atoms with Gasteiger partial charge in [-0.25, -0.2) is 0 Å². The number of morpholine rings is 1. The summed E-state index contributed by atoms with van der Waals surface area (Å²) < 4.78 is 8.06. The quantitative estimate of drug-likeness (QED) is 0.777. The van der Waals surface area contributed by atoms with E-state index >= 15 is 0 Å². The van der Waals surface area contributed by atoms with E-state index in [0.29, 0.717) is 12.1 Å². The molecule has 0 radical (unpaired) electrons. The van der Waals surface area contributed by atoms with E-state index in [9.17, 15) is 0 Å². The van der Waals surface area contributed by atoms with E-state index in [4.69, 9.17) is 4.74 Å². The molecule has 2 saturated heterocycles. The van der Waals surface area contributed by atoms with Gasteiger partial charge in [0.15, 0.2) is 0 Å². The molecule has 3 heterocycles. The fourth-order valence-electron chi connectivity index (χ4n) is 3.22. The third-order valence-electron chi connectivity index (χ3n) is 4.35. The van der Waals surface area contributed by atoms with Gasteiger partial charge in [0.2, 0.25) is 0 Å². The molecule has 19 heavy (non-hydrogen) atoms. The van der Waals surface area contributed by atoms with Crippen molar-refractivity contribution in [1.29, 1.82) is 0 Å². The zero-order valence-electron chi connectivity index (χ0n) is 12.0. The number of ether oxygens (including phenoxy) is 1. The van der Waals surface area contributed by atoms with Crippen LogP contribution in [0.5, 0.6) is 0 Å². The molecule has 2 aliphatic rings. The second kappa shape index (κ2) is 5.19. The molecule has 0 spiro atoms. The van der Waals surface area contributed by atoms with Gasteiger partial charge in [-0.05, 0) is 20.9 Å². The van der Waals surface area contributed by atoms with Crippen molar-refractivity contribution >= 4 is 0 Å². The maximum Gasteiger partial charge on any atom is 0.147 e. The number of aromatic nitrogens is 3. The highest BCUT2D eigenvalue weighted by atomic mass is 16.5. The lowest BCUT2D eigenvalue weighted by molar-refractivity contribution is -0.0370. The van der Waals surface area contributed by atoms with E-state index in [0.717, 1.165) is 51.0 Å². The number of aryl methyl sites for hydroxylation is 1. The lowest BCUT2D eigenvalue weighted by Crippen LogP contribution is -2.48. The molecule has 0 aromatic carbocycles. The topological polar surface area (TPSA) is 46.4 Å². The van der Waals surface area contributed by atoms with Gasteiger partial charge in [-0.2, -0.15) is 0 Å². The predicted octanol–water partition coefficient (Wildman–Crippen LogP) is 0.121. The third kappa shape index (κ3) is 2.40. The molecule has 0 saturated carbocycles. The van der Waals surface area contributed by atoms with Crippen LogP contribution >= 0.6 is 0 Å². The third-order valence-corrected chi connectivity index (χ3v) is 4.35. The first-order valence-corrected chi connectivity index (χ1v) is 7.12. The van der Waals surface area contributed by atoms with Gasteiger partial charge in [0.25, 0.3) is 0 Å². The van der Waals surface area contributed by atoms with Crippen molar-refractivity contribution in [2.75, 3.05) is 33.3 Å². The maximum absolute atomic E-state index is 5.88. The van der Waals surface area contributed by atoms with E-state index in [1.54, 1.807) is 0 Å². The van der Waals surface area contributed by atoms with Crippen molar-refractivity contribution < 1.29 is 4.74 Å². The molecule has 6 heteroatoms. The summed E-state index contributed by atoms with van der Waals surface area (Å²) in [7, 11) is 2.20. The monoisotopic (exact) mass is 265 g/mol. The number of nitrogens with zero attached hydrogens (tertiary/aromatic N) is 5. The van der Waals surface area contributed by atoms with Crippen molar-refractivity contribution in [3.63, 3.8) is 0 Å². The van der Waals surface area contributed by atoms with Gasteiger partial charge in [-0.3, -0.25) is 9.80 Å². The normalized spacial score (nSPS) is 28.8. The highest BCUT2D eigenvalue weighted by Crippen LogP contribution is 2.22. The van der Waals surface area contributed by atoms with Gasteiger partial charge in [-0.15, -0.1) is 10.2 Å². The predicted molar refractivity (Wildman–Crippen MR) is 71.9 cm³/mol. The van der Waals surface area contributed by atoms with Crippen LogP contribution in [0.15, 0.2) is 0 Å². The Morgan fingerprint density at radius 3 is 2.89 bits per heavy atom. The highest BCUT2D eigenvalue weighted by Gasteiger charge is 2.38. The fourth-order valence-corrected chi connectivity index (χ4v) is 3.22. The molecular weight excluding hydrogens is 242 g/mol. The molecule has 6 nitrogen and oxygen atoms in total. The second-order valence-electron chi connectivity index (χ2n) is 5.56. The second-order valence-corrected chi connectivity index (χ2v) is 5.56. The van der Waals surface area contributed by atoms with E-state index in [1.807, 2.05) is 6.92 Å². The summed E-state index contributed by atoms with van der Waals surface area (Å²) >= 11 is 0. The van der Waals surface area contributed by atoms with Crippen molar-refractivity contribution in [2.24, 2.45) is 0 Å². The van der Waals surface area contributed by atoms with E-state index in [1.165, 1.54) is 0 Å². The van der Waals surface area contributed by atoms with Crippen LogP contribution in [-0.2, 0) is 17.8 Å². The van der Waals surface area contributed by atoms with Crippen LogP contribution in [0.3, 0.4) is 0 Å². The molecule has 1 aromatic heterocycles. The molecule has 0 unspecified atom stereocenters. The summed E-state index contributed by atoms with van der Waals surface area (Å²) in [4.78, 5) is 4.86. The summed E-state index contributed by atoms with van der Waals surface area (Å²) in [5.41, 5.74) is 0. The molecule has 1 aromatic rings. The zero-order valence-corrected chi connectivity index (χ0v) is 12.0. The number of hydrogen-bond donors (Lipinski definition) is 0. The Kier molecular flexibility index (Phi) is 3.56. The molecule has 0 aliphatic carbocycles. The minimum absolute atomic E-state index is 0.359. The van der Waals surface area contributed by atoms with E-state index < -0.39 is 0 Å². The number of likely N-dealkylation sites (N-methyl/N-ethyl adjacent to an activating group) is 1. The molecular formula is C13H23N5O. The molecule has 2 fully saturated rings. The van der Waals surface area contributed by atoms with E-state index in [-0.39, 0.29) is 0 Å². The average Bonchev–Trinajstić information content (AvgIpc) is 2.94. The van der Waals surface area contributed by atoms with Crippen molar-refractivity contribution in [3.05, 3.63) is 11.6 Å². The molecule has 2 aliphatic heterocycles. The molecule has 0 N–H and O–H groups in total. The van der Waals surface area contributed by atoms with Crippen LogP contribution in [0, 0.1) is 6.92 Å². The Morgan fingerprint density at radius 1 is 1.32 bits per heavy atom. The van der Waals surface area contributed by atoms with Gasteiger partial charge < -0.3 is 9.30 Å². The Hall–Kier alpha value is -0.980. The number of rotatable bonds is 3. The Bertz CT molecular complexity index is 446. The van der Waals surface area contributed by atoms with Crippen LogP contribution < -0.4 is 0 Å². The zero-order chi connectivity index (χ0) is 13.4. The van der Waals surface area contributed by atoms with Crippen LogP contribution in [0.25, 0.3) is 0 Å². The van der Waals surface area contributed by atoms with Crippen molar-refractivity contribution in [3.8, 4) is 0 Å². The van der Waals surface area contributed by atoms with Crippen LogP contribution in [0.4, 0.5) is 0 Å². The summed E-state index contributed by atoms with van der Waals surface area (Å²) in [5.74, 6) is 2.07. The largest absolute Gasteiger partial charge is 0.374 e. The summed E-state index contributed by atoms with van der Waals surface area (Å²) in [5, 5.41) is 8.48. The average molecular weight is 265 g/mol. The number of likely N-dealkylation sites (tertiary alicyclic amines) is 1. The highest BCUT2D eigenvalue weighted by molar-refractivity contribution is 4.98. The minimum atomic E-state index is 0.359. The summed E-state index contributed by atoms with van der Waals surface area (Å²) in [6, 6.07) is 0.535. The van der Waals surface area contributed by atoms with Gasteiger partial charge in [0.05, 0.1) is 19.3 Å². The van der Waals surface area contributed by atoms with Crippen molar-refractivity contribution in [1.82, 2.24) is 24.6 Å². The first-order chi connectivity index (χ1) is 9.19.